The molecule has 0 atom stereocenters. The lowest BCUT2D eigenvalue weighted by atomic mass is 10.1. The monoisotopic (exact) mass is 336 g/mol. The molecule has 1 amide bonds. The molecule has 2 aromatic rings. The van der Waals surface area contributed by atoms with E-state index in [9.17, 15) is 13.6 Å². The van der Waals surface area contributed by atoms with Crippen LogP contribution in [0.2, 0.25) is 5.02 Å². The van der Waals surface area contributed by atoms with Crippen LogP contribution in [0, 0.1) is 11.6 Å². The quantitative estimate of drug-likeness (QED) is 0.837. The number of hydrogen-bond donors (Lipinski definition) is 0. The maximum absolute atomic E-state index is 13.3. The van der Waals surface area contributed by atoms with E-state index in [4.69, 9.17) is 11.6 Å². The molecule has 0 N–H and O–H groups in total. The minimum absolute atomic E-state index is 0.111. The van der Waals surface area contributed by atoms with Gasteiger partial charge in [0.05, 0.1) is 10.6 Å². The van der Waals surface area contributed by atoms with E-state index in [1.54, 1.807) is 35.2 Å². The van der Waals surface area contributed by atoms with E-state index >= 15 is 0 Å². The predicted octanol–water partition coefficient (Wildman–Crippen LogP) is 3.58. The summed E-state index contributed by atoms with van der Waals surface area (Å²) in [5.74, 6) is -1.83. The molecule has 0 radical (unpaired) electrons. The second-order valence-corrected chi connectivity index (χ2v) is 5.76. The van der Waals surface area contributed by atoms with E-state index in [1.165, 1.54) is 6.07 Å². The second kappa shape index (κ2) is 6.54. The van der Waals surface area contributed by atoms with Crippen molar-refractivity contribution in [3.8, 4) is 0 Å². The van der Waals surface area contributed by atoms with Gasteiger partial charge in [-0.3, -0.25) is 4.79 Å². The summed E-state index contributed by atoms with van der Waals surface area (Å²) in [6, 6.07) is 10.8. The molecule has 2 aromatic carbocycles. The largest absolute Gasteiger partial charge is 0.368 e. The minimum atomic E-state index is -0.864. The average Bonchev–Trinajstić information content (AvgIpc) is 2.57. The molecule has 23 heavy (non-hydrogen) atoms. The van der Waals surface area contributed by atoms with Gasteiger partial charge >= 0.3 is 0 Å². The highest BCUT2D eigenvalue weighted by Crippen LogP contribution is 2.22. The summed E-state index contributed by atoms with van der Waals surface area (Å²) in [5, 5.41) is 0.431. The van der Waals surface area contributed by atoms with Crippen LogP contribution in [-0.4, -0.2) is 37.0 Å². The van der Waals surface area contributed by atoms with Crippen molar-refractivity contribution in [2.24, 2.45) is 0 Å². The number of halogens is 3. The Balaban J connectivity index is 1.67. The SMILES string of the molecule is O=C(c1ccccc1Cl)N1CCN(c2ccc(F)c(F)c2)CC1. The molecule has 0 aliphatic carbocycles. The highest BCUT2D eigenvalue weighted by Gasteiger charge is 2.23. The Morgan fingerprint density at radius 2 is 1.65 bits per heavy atom. The molecule has 1 aliphatic rings. The van der Waals surface area contributed by atoms with Crippen LogP contribution in [0.15, 0.2) is 42.5 Å². The van der Waals surface area contributed by atoms with E-state index < -0.39 is 11.6 Å². The third kappa shape index (κ3) is 3.29. The van der Waals surface area contributed by atoms with Crippen LogP contribution in [-0.2, 0) is 0 Å². The van der Waals surface area contributed by atoms with Gasteiger partial charge in [-0.2, -0.15) is 0 Å². The zero-order valence-electron chi connectivity index (χ0n) is 12.3. The van der Waals surface area contributed by atoms with Crippen molar-refractivity contribution in [1.29, 1.82) is 0 Å². The fourth-order valence-corrected chi connectivity index (χ4v) is 2.87. The molecule has 3 nitrogen and oxygen atoms in total. The van der Waals surface area contributed by atoms with Crippen LogP contribution < -0.4 is 4.90 Å². The number of carbonyl (C=O) groups excluding carboxylic acids is 1. The van der Waals surface area contributed by atoms with Crippen LogP contribution in [0.25, 0.3) is 0 Å². The van der Waals surface area contributed by atoms with Crippen LogP contribution in [0.4, 0.5) is 14.5 Å². The van der Waals surface area contributed by atoms with Crippen LogP contribution in [0.3, 0.4) is 0 Å². The van der Waals surface area contributed by atoms with Crippen molar-refractivity contribution in [1.82, 2.24) is 4.90 Å². The molecule has 1 saturated heterocycles. The molecular formula is C17H15ClF2N2O. The molecule has 3 rings (SSSR count). The third-order valence-electron chi connectivity index (χ3n) is 3.94. The molecular weight excluding hydrogens is 322 g/mol. The summed E-state index contributed by atoms with van der Waals surface area (Å²) in [7, 11) is 0. The second-order valence-electron chi connectivity index (χ2n) is 5.36. The van der Waals surface area contributed by atoms with Gasteiger partial charge in [0.15, 0.2) is 11.6 Å². The number of nitrogens with zero attached hydrogens (tertiary/aromatic N) is 2. The van der Waals surface area contributed by atoms with Crippen LogP contribution in [0.5, 0.6) is 0 Å². The highest BCUT2D eigenvalue weighted by atomic mass is 35.5. The lowest BCUT2D eigenvalue weighted by molar-refractivity contribution is 0.0747. The normalized spacial score (nSPS) is 14.9. The first-order valence-electron chi connectivity index (χ1n) is 7.30. The first kappa shape index (κ1) is 15.7. The van der Waals surface area contributed by atoms with E-state index in [1.807, 2.05) is 4.90 Å². The van der Waals surface area contributed by atoms with Crippen LogP contribution >= 0.6 is 11.6 Å². The van der Waals surface area contributed by atoms with E-state index in [2.05, 4.69) is 0 Å². The van der Waals surface area contributed by atoms with Crippen molar-refractivity contribution < 1.29 is 13.6 Å². The Kier molecular flexibility index (Phi) is 4.48. The van der Waals surface area contributed by atoms with Gasteiger partial charge < -0.3 is 9.80 Å². The number of amides is 1. The topological polar surface area (TPSA) is 23.6 Å². The molecule has 0 saturated carbocycles. The first-order valence-corrected chi connectivity index (χ1v) is 7.68. The Morgan fingerprint density at radius 3 is 2.30 bits per heavy atom. The van der Waals surface area contributed by atoms with Crippen molar-refractivity contribution >= 4 is 23.2 Å². The maximum atomic E-state index is 13.3. The van der Waals surface area contributed by atoms with Gasteiger partial charge in [-0.1, -0.05) is 23.7 Å². The first-order chi connectivity index (χ1) is 11.1. The van der Waals surface area contributed by atoms with E-state index in [0.717, 1.165) is 6.07 Å². The maximum Gasteiger partial charge on any atom is 0.255 e. The van der Waals surface area contributed by atoms with Gasteiger partial charge in [0.25, 0.3) is 5.91 Å². The summed E-state index contributed by atoms with van der Waals surface area (Å²) in [4.78, 5) is 16.1. The van der Waals surface area contributed by atoms with Gasteiger partial charge in [0.1, 0.15) is 0 Å². The molecule has 6 heteroatoms. The van der Waals surface area contributed by atoms with Crippen LogP contribution in [0.1, 0.15) is 10.4 Å². The van der Waals surface area contributed by atoms with Gasteiger partial charge in [0, 0.05) is 37.9 Å². The standard InChI is InChI=1S/C17H15ClF2N2O/c18-14-4-2-1-3-13(14)17(23)22-9-7-21(8-10-22)12-5-6-15(19)16(20)11-12/h1-6,11H,7-10H2. The molecule has 0 unspecified atom stereocenters. The number of benzene rings is 2. The van der Waals surface area contributed by atoms with Gasteiger partial charge in [-0.05, 0) is 24.3 Å². The summed E-state index contributed by atoms with van der Waals surface area (Å²) >= 11 is 6.06. The molecule has 1 heterocycles. The summed E-state index contributed by atoms with van der Waals surface area (Å²) < 4.78 is 26.3. The molecule has 1 fully saturated rings. The predicted molar refractivity (Wildman–Crippen MR) is 85.9 cm³/mol. The summed E-state index contributed by atoms with van der Waals surface area (Å²) in [6.07, 6.45) is 0. The fourth-order valence-electron chi connectivity index (χ4n) is 2.65. The van der Waals surface area contributed by atoms with Gasteiger partial charge in [-0.15, -0.1) is 0 Å². The van der Waals surface area contributed by atoms with Gasteiger partial charge in [0.2, 0.25) is 0 Å². The molecule has 0 aromatic heterocycles. The zero-order chi connectivity index (χ0) is 16.4. The summed E-state index contributed by atoms with van der Waals surface area (Å²) in [6.45, 7) is 2.12. The highest BCUT2D eigenvalue weighted by molar-refractivity contribution is 6.33. The minimum Gasteiger partial charge on any atom is -0.368 e. The smallest absolute Gasteiger partial charge is 0.255 e. The summed E-state index contributed by atoms with van der Waals surface area (Å²) in [5.41, 5.74) is 1.10. The van der Waals surface area contributed by atoms with E-state index in [0.29, 0.717) is 42.5 Å². The number of carbonyl (C=O) groups is 1. The third-order valence-corrected chi connectivity index (χ3v) is 4.27. The lowest BCUT2D eigenvalue weighted by Crippen LogP contribution is -2.48. The van der Waals surface area contributed by atoms with Gasteiger partial charge in [-0.25, -0.2) is 8.78 Å². The average molecular weight is 337 g/mol. The Labute approximate surface area is 138 Å². The van der Waals surface area contributed by atoms with Crippen molar-refractivity contribution in [2.75, 3.05) is 31.1 Å². The number of rotatable bonds is 2. The molecule has 1 aliphatic heterocycles. The van der Waals surface area contributed by atoms with Crippen molar-refractivity contribution in [3.63, 3.8) is 0 Å². The molecule has 0 spiro atoms. The Morgan fingerprint density at radius 1 is 0.957 bits per heavy atom. The number of anilines is 1. The Bertz CT molecular complexity index is 730. The molecule has 120 valence electrons. The number of piperazine rings is 1. The molecule has 0 bridgehead atoms. The number of hydrogen-bond acceptors (Lipinski definition) is 2. The lowest BCUT2D eigenvalue weighted by Gasteiger charge is -2.36. The van der Waals surface area contributed by atoms with Crippen molar-refractivity contribution in [2.45, 2.75) is 0 Å². The zero-order valence-corrected chi connectivity index (χ0v) is 13.1. The fraction of sp³-hybridized carbons (Fsp3) is 0.235. The Hall–Kier alpha value is -2.14. The van der Waals surface area contributed by atoms with E-state index in [-0.39, 0.29) is 5.91 Å². The van der Waals surface area contributed by atoms with Crippen molar-refractivity contribution in [3.05, 3.63) is 64.7 Å².